The molecule has 6 nitrogen and oxygen atoms in total. The van der Waals surface area contributed by atoms with Crippen molar-refractivity contribution < 1.29 is 35.9 Å². The lowest BCUT2D eigenvalue weighted by Gasteiger charge is -2.27. The normalized spacial score (nSPS) is 19.7. The van der Waals surface area contributed by atoms with E-state index in [0.717, 1.165) is 12.1 Å². The van der Waals surface area contributed by atoms with E-state index in [-0.39, 0.29) is 12.1 Å². The first-order valence-electron chi connectivity index (χ1n) is 7.42. The van der Waals surface area contributed by atoms with Crippen LogP contribution < -0.4 is 10.7 Å². The highest BCUT2D eigenvalue weighted by Crippen LogP contribution is 2.34. The number of ether oxygens (including phenoxy) is 1. The lowest BCUT2D eigenvalue weighted by molar-refractivity contribution is -0.137. The van der Waals surface area contributed by atoms with Crippen molar-refractivity contribution in [3.05, 3.63) is 29.3 Å². The summed E-state index contributed by atoms with van der Waals surface area (Å²) in [6.07, 6.45) is -11.6. The number of amides is 1. The summed E-state index contributed by atoms with van der Waals surface area (Å²) in [5.41, 5.74) is -3.09. The second kappa shape index (κ2) is 6.98. The second-order valence-electron chi connectivity index (χ2n) is 5.58. The predicted octanol–water partition coefficient (Wildman–Crippen LogP) is 4.14. The zero-order valence-corrected chi connectivity index (χ0v) is 13.6. The highest BCUT2D eigenvalue weighted by molar-refractivity contribution is 5.92. The number of hydrogen-bond acceptors (Lipinski definition) is 5. The van der Waals surface area contributed by atoms with Crippen LogP contribution in [-0.2, 0) is 10.9 Å². The molecule has 1 aliphatic heterocycles. The van der Waals surface area contributed by atoms with Gasteiger partial charge in [-0.25, -0.2) is 4.79 Å². The summed E-state index contributed by atoms with van der Waals surface area (Å²) >= 11 is 0. The molecule has 0 spiro atoms. The number of carbonyl (C=O) groups excluding carboxylic acids is 1. The molecule has 2 rings (SSSR count). The van der Waals surface area contributed by atoms with Crippen LogP contribution in [0.15, 0.2) is 23.3 Å². The third-order valence-electron chi connectivity index (χ3n) is 3.73. The quantitative estimate of drug-likeness (QED) is 0.755. The molecule has 0 aromatic heterocycles. The van der Waals surface area contributed by atoms with E-state index in [9.17, 15) is 31.1 Å². The first-order valence-corrected chi connectivity index (χ1v) is 7.42. The van der Waals surface area contributed by atoms with Crippen LogP contribution in [0.25, 0.3) is 0 Å². The molecule has 1 heterocycles. The SMILES string of the molecule is CCC1(OC(=O)Nc2ccc(C#N)c(C(F)(F)F)c2)CC(C(F)(F)F)=NN1. The Balaban J connectivity index is 2.13. The van der Waals surface area contributed by atoms with Gasteiger partial charge in [0.2, 0.25) is 5.72 Å². The summed E-state index contributed by atoms with van der Waals surface area (Å²) in [6.45, 7) is 1.44. The summed E-state index contributed by atoms with van der Waals surface area (Å²) < 4.78 is 81.8. The van der Waals surface area contributed by atoms with Crippen LogP contribution in [0.5, 0.6) is 0 Å². The van der Waals surface area contributed by atoms with Gasteiger partial charge in [0.25, 0.3) is 0 Å². The molecule has 1 aliphatic rings. The highest BCUT2D eigenvalue weighted by atomic mass is 19.4. The van der Waals surface area contributed by atoms with Crippen LogP contribution in [0, 0.1) is 11.3 Å². The molecule has 1 atom stereocenters. The third kappa shape index (κ3) is 4.60. The second-order valence-corrected chi connectivity index (χ2v) is 5.58. The van der Waals surface area contributed by atoms with E-state index in [1.165, 1.54) is 13.0 Å². The summed E-state index contributed by atoms with van der Waals surface area (Å²) in [7, 11) is 0. The first kappa shape index (κ1) is 20.3. The van der Waals surface area contributed by atoms with Gasteiger partial charge in [0.05, 0.1) is 23.6 Å². The van der Waals surface area contributed by atoms with Crippen molar-refractivity contribution in [3.63, 3.8) is 0 Å². The molecule has 0 saturated carbocycles. The molecule has 1 unspecified atom stereocenters. The van der Waals surface area contributed by atoms with Gasteiger partial charge < -0.3 is 4.74 Å². The van der Waals surface area contributed by atoms with Gasteiger partial charge >= 0.3 is 18.4 Å². The largest absolute Gasteiger partial charge is 0.431 e. The Labute approximate surface area is 148 Å². The number of halogens is 6. The van der Waals surface area contributed by atoms with E-state index < -0.39 is 47.4 Å². The third-order valence-corrected chi connectivity index (χ3v) is 3.73. The first-order chi connectivity index (χ1) is 12.4. The van der Waals surface area contributed by atoms with Crippen LogP contribution >= 0.6 is 0 Å². The van der Waals surface area contributed by atoms with E-state index >= 15 is 0 Å². The molecule has 1 amide bonds. The van der Waals surface area contributed by atoms with E-state index in [1.807, 2.05) is 5.32 Å². The summed E-state index contributed by atoms with van der Waals surface area (Å²) in [5, 5.41) is 13.8. The topological polar surface area (TPSA) is 86.5 Å². The number of alkyl halides is 6. The van der Waals surface area contributed by atoms with E-state index in [2.05, 4.69) is 10.5 Å². The highest BCUT2D eigenvalue weighted by Gasteiger charge is 2.48. The lowest BCUT2D eigenvalue weighted by atomic mass is 10.1. The number of carbonyl (C=O) groups is 1. The lowest BCUT2D eigenvalue weighted by Crippen LogP contribution is -2.45. The number of hydrazone groups is 1. The number of hydrogen-bond donors (Lipinski definition) is 2. The van der Waals surface area contributed by atoms with Gasteiger partial charge in [-0.05, 0) is 18.2 Å². The Morgan fingerprint density at radius 3 is 2.48 bits per heavy atom. The molecule has 0 fully saturated rings. The van der Waals surface area contributed by atoms with Crippen molar-refractivity contribution in [3.8, 4) is 6.07 Å². The average molecular weight is 394 g/mol. The van der Waals surface area contributed by atoms with Gasteiger partial charge in [-0.1, -0.05) is 6.92 Å². The molecule has 1 aromatic rings. The van der Waals surface area contributed by atoms with Gasteiger partial charge in [0.1, 0.15) is 5.71 Å². The number of nitriles is 1. The van der Waals surface area contributed by atoms with Crippen molar-refractivity contribution in [2.75, 3.05) is 5.32 Å². The summed E-state index contributed by atoms with van der Waals surface area (Å²) in [4.78, 5) is 12.0. The monoisotopic (exact) mass is 394 g/mol. The molecule has 0 radical (unpaired) electrons. The minimum absolute atomic E-state index is 0.0787. The number of nitrogens with one attached hydrogen (secondary N) is 2. The standard InChI is InChI=1S/C15H12F6N4O2/c1-2-13(6-11(24-25-13)15(19,20)21)27-12(26)23-9-4-3-8(7-22)10(5-9)14(16,17)18/h3-5,25H,2,6H2,1H3,(H,23,26). The Morgan fingerprint density at radius 2 is 2.00 bits per heavy atom. The Kier molecular flexibility index (Phi) is 5.26. The van der Waals surface area contributed by atoms with Crippen LogP contribution in [0.4, 0.5) is 36.8 Å². The number of benzene rings is 1. The zero-order valence-electron chi connectivity index (χ0n) is 13.6. The van der Waals surface area contributed by atoms with Gasteiger partial charge in [-0.15, -0.1) is 0 Å². The smallest absolute Gasteiger partial charge is 0.421 e. The minimum Gasteiger partial charge on any atom is -0.421 e. The number of anilines is 1. The van der Waals surface area contributed by atoms with Crippen molar-refractivity contribution in [1.29, 1.82) is 5.26 Å². The van der Waals surface area contributed by atoms with Crippen molar-refractivity contribution in [1.82, 2.24) is 5.43 Å². The fraction of sp³-hybridized carbons (Fsp3) is 0.400. The maximum atomic E-state index is 12.9. The van der Waals surface area contributed by atoms with E-state index in [1.54, 1.807) is 0 Å². The molecule has 0 aliphatic carbocycles. The molecule has 2 N–H and O–H groups in total. The molecule has 12 heteroatoms. The van der Waals surface area contributed by atoms with Crippen molar-refractivity contribution in [2.45, 2.75) is 37.8 Å². The van der Waals surface area contributed by atoms with Gasteiger partial charge in [-0.3, -0.25) is 10.7 Å². The van der Waals surface area contributed by atoms with E-state index in [0.29, 0.717) is 6.07 Å². The van der Waals surface area contributed by atoms with Gasteiger partial charge in [0.15, 0.2) is 0 Å². The van der Waals surface area contributed by atoms with Crippen LogP contribution in [0.1, 0.15) is 30.9 Å². The predicted molar refractivity (Wildman–Crippen MR) is 80.5 cm³/mol. The number of rotatable bonds is 3. The fourth-order valence-electron chi connectivity index (χ4n) is 2.29. The van der Waals surface area contributed by atoms with Crippen LogP contribution in [0.3, 0.4) is 0 Å². The average Bonchev–Trinajstić information content (AvgIpc) is 2.99. The zero-order chi connectivity index (χ0) is 20.5. The molecule has 0 saturated heterocycles. The Morgan fingerprint density at radius 1 is 1.33 bits per heavy atom. The van der Waals surface area contributed by atoms with Crippen LogP contribution in [0.2, 0.25) is 0 Å². The van der Waals surface area contributed by atoms with Crippen molar-refractivity contribution >= 4 is 17.5 Å². The molecule has 0 bridgehead atoms. The maximum Gasteiger partial charge on any atom is 0.431 e. The van der Waals surface area contributed by atoms with Crippen LogP contribution in [-0.4, -0.2) is 23.7 Å². The molecular formula is C15H12F6N4O2. The summed E-state index contributed by atoms with van der Waals surface area (Å²) in [5.74, 6) is 0. The fourth-order valence-corrected chi connectivity index (χ4v) is 2.29. The van der Waals surface area contributed by atoms with Gasteiger partial charge in [-0.2, -0.15) is 36.7 Å². The maximum absolute atomic E-state index is 12.9. The molecular weight excluding hydrogens is 382 g/mol. The Hall–Kier alpha value is -2.97. The van der Waals surface area contributed by atoms with Crippen molar-refractivity contribution in [2.24, 2.45) is 5.10 Å². The molecule has 27 heavy (non-hydrogen) atoms. The van der Waals surface area contributed by atoms with Gasteiger partial charge in [0, 0.05) is 12.1 Å². The van der Waals surface area contributed by atoms with E-state index in [4.69, 9.17) is 10.00 Å². The minimum atomic E-state index is -4.83. The number of nitrogens with zero attached hydrogens (tertiary/aromatic N) is 2. The molecule has 1 aromatic carbocycles. The molecule has 146 valence electrons. The Bertz CT molecular complexity index is 812. The summed E-state index contributed by atoms with van der Waals surface area (Å²) in [6, 6.07) is 3.79.